The van der Waals surface area contributed by atoms with Gasteiger partial charge in [0.1, 0.15) is 17.3 Å². The Balaban J connectivity index is 1.52. The van der Waals surface area contributed by atoms with Crippen molar-refractivity contribution in [1.82, 2.24) is 4.90 Å². The number of amides is 2. The summed E-state index contributed by atoms with van der Waals surface area (Å²) in [6, 6.07) is 6.12. The molecule has 3 rings (SSSR count). The molecule has 1 aliphatic heterocycles. The molecule has 0 aliphatic carbocycles. The Morgan fingerprint density at radius 3 is 2.71 bits per heavy atom. The summed E-state index contributed by atoms with van der Waals surface area (Å²) in [6.07, 6.45) is 3.05. The SMILES string of the molecule is Cc1cc(C(=O)N2CCC[C@@H](CCC(=O)Nc3ccc(F)cc3C)C2)c(C)o1. The van der Waals surface area contributed by atoms with Crippen molar-refractivity contribution in [3.8, 4) is 0 Å². The number of hydrogen-bond donors (Lipinski definition) is 1. The topological polar surface area (TPSA) is 62.6 Å². The van der Waals surface area contributed by atoms with E-state index in [0.29, 0.717) is 41.5 Å². The molecular formula is C22H27FN2O3. The molecule has 0 unspecified atom stereocenters. The van der Waals surface area contributed by atoms with Gasteiger partial charge in [-0.25, -0.2) is 4.39 Å². The van der Waals surface area contributed by atoms with Crippen molar-refractivity contribution in [2.24, 2.45) is 5.92 Å². The van der Waals surface area contributed by atoms with Crippen LogP contribution in [0.2, 0.25) is 0 Å². The lowest BCUT2D eigenvalue weighted by molar-refractivity contribution is -0.116. The molecule has 1 atom stereocenters. The Kier molecular flexibility index (Phi) is 6.17. The Hall–Kier alpha value is -2.63. The van der Waals surface area contributed by atoms with Gasteiger partial charge < -0.3 is 14.6 Å². The van der Waals surface area contributed by atoms with E-state index in [9.17, 15) is 14.0 Å². The van der Waals surface area contributed by atoms with Crippen LogP contribution in [0.3, 0.4) is 0 Å². The minimum absolute atomic E-state index is 0.00504. The van der Waals surface area contributed by atoms with Gasteiger partial charge in [0, 0.05) is 25.2 Å². The molecule has 1 N–H and O–H groups in total. The number of carbonyl (C=O) groups is 2. The van der Waals surface area contributed by atoms with Crippen LogP contribution in [-0.2, 0) is 4.79 Å². The zero-order valence-electron chi connectivity index (χ0n) is 16.7. The smallest absolute Gasteiger partial charge is 0.257 e. The van der Waals surface area contributed by atoms with E-state index in [1.165, 1.54) is 12.1 Å². The van der Waals surface area contributed by atoms with Crippen molar-refractivity contribution in [1.29, 1.82) is 0 Å². The molecule has 150 valence electrons. The van der Waals surface area contributed by atoms with Gasteiger partial charge in [-0.3, -0.25) is 9.59 Å². The highest BCUT2D eigenvalue weighted by Gasteiger charge is 2.27. The summed E-state index contributed by atoms with van der Waals surface area (Å²) >= 11 is 0. The summed E-state index contributed by atoms with van der Waals surface area (Å²) in [5, 5.41) is 2.85. The van der Waals surface area contributed by atoms with Gasteiger partial charge >= 0.3 is 0 Å². The number of benzene rings is 1. The molecule has 1 aromatic carbocycles. The van der Waals surface area contributed by atoms with Crippen LogP contribution in [0.1, 0.15) is 53.1 Å². The molecule has 0 saturated carbocycles. The molecule has 5 nitrogen and oxygen atoms in total. The molecule has 6 heteroatoms. The van der Waals surface area contributed by atoms with E-state index in [0.717, 1.165) is 31.6 Å². The summed E-state index contributed by atoms with van der Waals surface area (Å²) in [5.74, 6) is 1.29. The van der Waals surface area contributed by atoms with Crippen LogP contribution in [0.4, 0.5) is 10.1 Å². The van der Waals surface area contributed by atoms with Gasteiger partial charge in [0.25, 0.3) is 5.91 Å². The molecule has 1 aliphatic rings. The van der Waals surface area contributed by atoms with Gasteiger partial charge in [0.2, 0.25) is 5.91 Å². The monoisotopic (exact) mass is 386 g/mol. The van der Waals surface area contributed by atoms with E-state index in [-0.39, 0.29) is 17.6 Å². The van der Waals surface area contributed by atoms with Crippen LogP contribution in [0.5, 0.6) is 0 Å². The molecule has 2 amide bonds. The maximum Gasteiger partial charge on any atom is 0.257 e. The summed E-state index contributed by atoms with van der Waals surface area (Å²) in [4.78, 5) is 26.9. The first-order valence-corrected chi connectivity index (χ1v) is 9.76. The summed E-state index contributed by atoms with van der Waals surface area (Å²) in [6.45, 7) is 6.81. The third-order valence-electron chi connectivity index (χ3n) is 5.32. The van der Waals surface area contributed by atoms with Crippen molar-refractivity contribution < 1.29 is 18.4 Å². The Morgan fingerprint density at radius 1 is 1.25 bits per heavy atom. The number of nitrogens with zero attached hydrogens (tertiary/aromatic N) is 1. The van der Waals surface area contributed by atoms with Crippen LogP contribution in [0, 0.1) is 32.5 Å². The highest BCUT2D eigenvalue weighted by atomic mass is 19.1. The average Bonchev–Trinajstić information content (AvgIpc) is 3.00. The molecule has 1 saturated heterocycles. The van der Waals surface area contributed by atoms with Crippen molar-refractivity contribution in [3.63, 3.8) is 0 Å². The second-order valence-corrected chi connectivity index (χ2v) is 7.63. The second-order valence-electron chi connectivity index (χ2n) is 7.63. The predicted octanol–water partition coefficient (Wildman–Crippen LogP) is 4.62. The first-order chi connectivity index (χ1) is 13.3. The molecule has 1 fully saturated rings. The zero-order chi connectivity index (χ0) is 20.3. The Morgan fingerprint density at radius 2 is 2.04 bits per heavy atom. The number of piperidine rings is 1. The summed E-state index contributed by atoms with van der Waals surface area (Å²) < 4.78 is 18.7. The largest absolute Gasteiger partial charge is 0.466 e. The Labute approximate surface area is 164 Å². The number of hydrogen-bond acceptors (Lipinski definition) is 3. The molecule has 1 aromatic heterocycles. The van der Waals surface area contributed by atoms with Crippen LogP contribution >= 0.6 is 0 Å². The van der Waals surface area contributed by atoms with E-state index >= 15 is 0 Å². The minimum Gasteiger partial charge on any atom is -0.466 e. The van der Waals surface area contributed by atoms with Gasteiger partial charge in [0.05, 0.1) is 5.56 Å². The lowest BCUT2D eigenvalue weighted by Crippen LogP contribution is -2.40. The maximum absolute atomic E-state index is 13.2. The van der Waals surface area contributed by atoms with Crippen molar-refractivity contribution in [3.05, 3.63) is 52.7 Å². The quantitative estimate of drug-likeness (QED) is 0.816. The molecule has 0 bridgehead atoms. The third kappa shape index (κ3) is 4.80. The fourth-order valence-corrected chi connectivity index (χ4v) is 3.81. The van der Waals surface area contributed by atoms with E-state index in [4.69, 9.17) is 4.42 Å². The van der Waals surface area contributed by atoms with Crippen LogP contribution in [0.15, 0.2) is 28.7 Å². The predicted molar refractivity (Wildman–Crippen MR) is 106 cm³/mol. The molecule has 2 heterocycles. The number of anilines is 1. The zero-order valence-corrected chi connectivity index (χ0v) is 16.7. The third-order valence-corrected chi connectivity index (χ3v) is 5.32. The van der Waals surface area contributed by atoms with E-state index < -0.39 is 0 Å². The summed E-state index contributed by atoms with van der Waals surface area (Å²) in [7, 11) is 0. The number of nitrogens with one attached hydrogen (secondary N) is 1. The molecule has 28 heavy (non-hydrogen) atoms. The van der Waals surface area contributed by atoms with Gasteiger partial charge in [-0.15, -0.1) is 0 Å². The van der Waals surface area contributed by atoms with E-state index in [1.807, 2.05) is 18.7 Å². The normalized spacial score (nSPS) is 16.9. The fourth-order valence-electron chi connectivity index (χ4n) is 3.81. The van der Waals surface area contributed by atoms with Gasteiger partial charge in [-0.05, 0) is 75.8 Å². The highest BCUT2D eigenvalue weighted by Crippen LogP contribution is 2.25. The van der Waals surface area contributed by atoms with Gasteiger partial charge in [-0.1, -0.05) is 0 Å². The number of furan rings is 1. The highest BCUT2D eigenvalue weighted by molar-refractivity contribution is 5.95. The summed E-state index contributed by atoms with van der Waals surface area (Å²) in [5.41, 5.74) is 1.97. The van der Waals surface area contributed by atoms with Crippen molar-refractivity contribution in [2.45, 2.75) is 46.5 Å². The number of aryl methyl sites for hydroxylation is 3. The lowest BCUT2D eigenvalue weighted by Gasteiger charge is -2.32. The number of likely N-dealkylation sites (tertiary alicyclic amines) is 1. The van der Waals surface area contributed by atoms with Crippen molar-refractivity contribution >= 4 is 17.5 Å². The lowest BCUT2D eigenvalue weighted by atomic mass is 9.92. The first kappa shape index (κ1) is 20.1. The maximum atomic E-state index is 13.2. The number of carbonyl (C=O) groups excluding carboxylic acids is 2. The van der Waals surface area contributed by atoms with Crippen LogP contribution in [0.25, 0.3) is 0 Å². The van der Waals surface area contributed by atoms with Crippen LogP contribution < -0.4 is 5.32 Å². The molecule has 0 radical (unpaired) electrons. The molecule has 0 spiro atoms. The van der Waals surface area contributed by atoms with E-state index in [2.05, 4.69) is 5.32 Å². The minimum atomic E-state index is -0.314. The van der Waals surface area contributed by atoms with E-state index in [1.54, 1.807) is 19.1 Å². The number of halogens is 1. The standard InChI is InChI=1S/C22H27FN2O3/c1-14-11-18(23)7-8-20(14)24-21(26)9-6-17-5-4-10-25(13-17)22(27)19-12-15(2)28-16(19)3/h7-8,11-12,17H,4-6,9-10,13H2,1-3H3,(H,24,26)/t17-/m0/s1. The first-order valence-electron chi connectivity index (χ1n) is 9.76. The van der Waals surface area contributed by atoms with Gasteiger partial charge in [0.15, 0.2) is 0 Å². The molecular weight excluding hydrogens is 359 g/mol. The Bertz CT molecular complexity index is 875. The van der Waals surface area contributed by atoms with Gasteiger partial charge in [-0.2, -0.15) is 0 Å². The van der Waals surface area contributed by atoms with Crippen LogP contribution in [-0.4, -0.2) is 29.8 Å². The fraction of sp³-hybridized carbons (Fsp3) is 0.455. The second kappa shape index (κ2) is 8.59. The molecule has 2 aromatic rings. The average molecular weight is 386 g/mol. The number of rotatable bonds is 5. The van der Waals surface area contributed by atoms with Crippen molar-refractivity contribution in [2.75, 3.05) is 18.4 Å².